The summed E-state index contributed by atoms with van der Waals surface area (Å²) in [5.74, 6) is 0.608. The summed E-state index contributed by atoms with van der Waals surface area (Å²) >= 11 is 7.58. The summed E-state index contributed by atoms with van der Waals surface area (Å²) in [4.78, 5) is 21.3. The smallest absolute Gasteiger partial charge is 0.335 e. The molecular weight excluding hydrogens is 436 g/mol. The first-order chi connectivity index (χ1) is 15.0. The Balaban J connectivity index is 1.68. The van der Waals surface area contributed by atoms with Gasteiger partial charge in [0.05, 0.1) is 34.4 Å². The summed E-state index contributed by atoms with van der Waals surface area (Å²) in [7, 11) is 1.58. The maximum absolute atomic E-state index is 11.2. The molecular formula is C22H17ClN4O3S. The first-order valence-electron chi connectivity index (χ1n) is 9.17. The van der Waals surface area contributed by atoms with Crippen LogP contribution in [0.25, 0.3) is 11.0 Å². The molecule has 3 N–H and O–H groups in total. The first kappa shape index (κ1) is 20.8. The van der Waals surface area contributed by atoms with Gasteiger partial charge in [-0.25, -0.2) is 14.8 Å². The average molecular weight is 453 g/mol. The van der Waals surface area contributed by atoms with Crippen molar-refractivity contribution in [1.29, 1.82) is 0 Å². The Morgan fingerprint density at radius 3 is 2.45 bits per heavy atom. The zero-order valence-corrected chi connectivity index (χ0v) is 17.9. The van der Waals surface area contributed by atoms with Gasteiger partial charge in [-0.1, -0.05) is 29.8 Å². The summed E-state index contributed by atoms with van der Waals surface area (Å²) in [6.45, 7) is 0. The number of rotatable bonds is 7. The van der Waals surface area contributed by atoms with Gasteiger partial charge in [0.1, 0.15) is 5.75 Å². The van der Waals surface area contributed by atoms with Gasteiger partial charge in [-0.15, -0.1) is 0 Å². The molecule has 0 atom stereocenters. The number of methoxy groups -OCH3 is 1. The van der Waals surface area contributed by atoms with Crippen LogP contribution in [0.3, 0.4) is 0 Å². The first-order valence-corrected chi connectivity index (χ1v) is 10.4. The minimum absolute atomic E-state index is 0.206. The fraction of sp³-hybridized carbons (Fsp3) is 0.0455. The number of para-hydroxylation sites is 2. The van der Waals surface area contributed by atoms with Gasteiger partial charge in [0, 0.05) is 11.0 Å². The number of aromatic carboxylic acids is 1. The number of halogens is 1. The zero-order valence-electron chi connectivity index (χ0n) is 16.3. The molecule has 0 bridgehead atoms. The highest BCUT2D eigenvalue weighted by Crippen LogP contribution is 2.33. The predicted octanol–water partition coefficient (Wildman–Crippen LogP) is 5.85. The van der Waals surface area contributed by atoms with E-state index in [0.29, 0.717) is 39.1 Å². The molecule has 1 heterocycles. The normalized spacial score (nSPS) is 10.6. The monoisotopic (exact) mass is 452 g/mol. The van der Waals surface area contributed by atoms with Gasteiger partial charge in [-0.05, 0) is 54.4 Å². The molecule has 31 heavy (non-hydrogen) atoms. The second-order valence-electron chi connectivity index (χ2n) is 6.42. The van der Waals surface area contributed by atoms with Crippen molar-refractivity contribution in [3.05, 3.63) is 77.3 Å². The molecule has 4 aromatic rings. The molecule has 0 amide bonds. The summed E-state index contributed by atoms with van der Waals surface area (Å²) in [6.07, 6.45) is 0. The van der Waals surface area contributed by atoms with E-state index in [4.69, 9.17) is 16.3 Å². The van der Waals surface area contributed by atoms with Gasteiger partial charge in [0.15, 0.2) is 11.6 Å². The van der Waals surface area contributed by atoms with E-state index >= 15 is 0 Å². The highest BCUT2D eigenvalue weighted by Gasteiger charge is 2.13. The van der Waals surface area contributed by atoms with Crippen LogP contribution in [0.2, 0.25) is 5.02 Å². The maximum Gasteiger partial charge on any atom is 0.335 e. The Morgan fingerprint density at radius 1 is 1.00 bits per heavy atom. The number of carbonyl (C=O) groups is 1. The lowest BCUT2D eigenvalue weighted by Gasteiger charge is -2.14. The number of nitrogens with zero attached hydrogens (tertiary/aromatic N) is 2. The number of hydrogen-bond donors (Lipinski definition) is 3. The van der Waals surface area contributed by atoms with Crippen molar-refractivity contribution in [1.82, 2.24) is 9.97 Å². The van der Waals surface area contributed by atoms with E-state index in [1.165, 1.54) is 11.9 Å². The topological polar surface area (TPSA) is 96.4 Å². The number of fused-ring (bicyclic) bond motifs is 1. The van der Waals surface area contributed by atoms with E-state index < -0.39 is 5.97 Å². The lowest BCUT2D eigenvalue weighted by molar-refractivity contribution is 0.0696. The third kappa shape index (κ3) is 4.82. The molecule has 4 rings (SSSR count). The molecule has 0 unspecified atom stereocenters. The van der Waals surface area contributed by atoms with Crippen molar-refractivity contribution >= 4 is 57.9 Å². The van der Waals surface area contributed by atoms with E-state index in [1.54, 1.807) is 43.5 Å². The molecule has 9 heteroatoms. The van der Waals surface area contributed by atoms with Gasteiger partial charge in [0.25, 0.3) is 0 Å². The summed E-state index contributed by atoms with van der Waals surface area (Å²) in [6, 6.07) is 19.4. The molecule has 0 aliphatic carbocycles. The van der Waals surface area contributed by atoms with Gasteiger partial charge in [0.2, 0.25) is 0 Å². The van der Waals surface area contributed by atoms with Crippen molar-refractivity contribution in [3.8, 4) is 5.75 Å². The molecule has 0 saturated heterocycles. The minimum Gasteiger partial charge on any atom is -0.497 e. The van der Waals surface area contributed by atoms with E-state index in [9.17, 15) is 9.90 Å². The number of carboxylic acids is 1. The van der Waals surface area contributed by atoms with Gasteiger partial charge in [-0.2, -0.15) is 0 Å². The van der Waals surface area contributed by atoms with E-state index in [1.807, 2.05) is 30.3 Å². The number of hydrogen-bond acceptors (Lipinski definition) is 7. The maximum atomic E-state index is 11.2. The third-order valence-electron chi connectivity index (χ3n) is 4.34. The van der Waals surface area contributed by atoms with Gasteiger partial charge < -0.3 is 19.9 Å². The molecule has 7 nitrogen and oxygen atoms in total. The van der Waals surface area contributed by atoms with E-state index in [-0.39, 0.29) is 5.56 Å². The van der Waals surface area contributed by atoms with Gasteiger partial charge >= 0.3 is 5.97 Å². The number of carboxylic acid groups (broad SMARTS) is 1. The van der Waals surface area contributed by atoms with Crippen LogP contribution in [0.5, 0.6) is 5.75 Å². The van der Waals surface area contributed by atoms with Crippen LogP contribution < -0.4 is 14.8 Å². The fourth-order valence-corrected chi connectivity index (χ4v) is 3.67. The number of ether oxygens (including phenoxy) is 1. The highest BCUT2D eigenvalue weighted by atomic mass is 35.5. The van der Waals surface area contributed by atoms with Crippen molar-refractivity contribution in [3.63, 3.8) is 0 Å². The standard InChI is InChI=1S/C22H17ClN4O3S/c1-30-14-9-10-16(23)19(12-14)26-20-21(25-18-8-3-2-7-17(18)24-20)27-31-15-6-4-5-13(11-15)22(28)29/h2-12H,1H3,(H,24,26)(H,25,27)(H,28,29). The zero-order chi connectivity index (χ0) is 21.8. The van der Waals surface area contributed by atoms with Gasteiger partial charge in [-0.3, -0.25) is 0 Å². The van der Waals surface area contributed by atoms with E-state index in [0.717, 1.165) is 4.90 Å². The fourth-order valence-electron chi connectivity index (χ4n) is 2.81. The van der Waals surface area contributed by atoms with E-state index in [2.05, 4.69) is 20.0 Å². The van der Waals surface area contributed by atoms with Crippen molar-refractivity contribution in [2.24, 2.45) is 0 Å². The Hall–Kier alpha value is -3.49. The third-order valence-corrected chi connectivity index (χ3v) is 5.46. The van der Waals surface area contributed by atoms with Crippen LogP contribution in [0, 0.1) is 0 Å². The Bertz CT molecular complexity index is 1270. The van der Waals surface area contributed by atoms with Crippen molar-refractivity contribution in [2.75, 3.05) is 17.1 Å². The second-order valence-corrected chi connectivity index (χ2v) is 7.70. The lowest BCUT2D eigenvalue weighted by atomic mass is 10.2. The molecule has 0 spiro atoms. The quantitative estimate of drug-likeness (QED) is 0.300. The lowest BCUT2D eigenvalue weighted by Crippen LogP contribution is -2.03. The Labute approximate surface area is 187 Å². The summed E-state index contributed by atoms with van der Waals surface area (Å²) in [5.41, 5.74) is 2.25. The largest absolute Gasteiger partial charge is 0.497 e. The predicted molar refractivity (Wildman–Crippen MR) is 124 cm³/mol. The Morgan fingerprint density at radius 2 is 1.74 bits per heavy atom. The van der Waals surface area contributed by atoms with Crippen molar-refractivity contribution < 1.29 is 14.6 Å². The molecule has 0 aliphatic rings. The second kappa shape index (κ2) is 9.11. The van der Waals surface area contributed by atoms with Crippen LogP contribution in [0.4, 0.5) is 17.3 Å². The molecule has 0 aliphatic heterocycles. The molecule has 0 radical (unpaired) electrons. The van der Waals surface area contributed by atoms with Crippen molar-refractivity contribution in [2.45, 2.75) is 4.90 Å². The van der Waals surface area contributed by atoms with Crippen LogP contribution in [0.15, 0.2) is 71.6 Å². The number of aromatic nitrogens is 2. The number of anilines is 3. The molecule has 0 fully saturated rings. The van der Waals surface area contributed by atoms with Crippen LogP contribution >= 0.6 is 23.5 Å². The summed E-state index contributed by atoms with van der Waals surface area (Å²) < 4.78 is 8.45. The van der Waals surface area contributed by atoms with Crippen LogP contribution in [0.1, 0.15) is 10.4 Å². The number of nitrogens with one attached hydrogen (secondary N) is 2. The molecule has 0 saturated carbocycles. The average Bonchev–Trinajstić information content (AvgIpc) is 2.79. The summed E-state index contributed by atoms with van der Waals surface area (Å²) in [5, 5.41) is 12.9. The SMILES string of the molecule is COc1ccc(Cl)c(Nc2nc3ccccc3nc2NSc2cccc(C(=O)O)c2)c1. The minimum atomic E-state index is -0.983. The molecule has 156 valence electrons. The number of benzene rings is 3. The Kier molecular flexibility index (Phi) is 6.11. The molecule has 3 aromatic carbocycles. The van der Waals surface area contributed by atoms with Crippen LogP contribution in [-0.4, -0.2) is 28.2 Å². The molecule has 1 aromatic heterocycles. The highest BCUT2D eigenvalue weighted by molar-refractivity contribution is 8.00. The van der Waals surface area contributed by atoms with Crippen LogP contribution in [-0.2, 0) is 0 Å².